The minimum absolute atomic E-state index is 0.0622. The van der Waals surface area contributed by atoms with E-state index in [1.54, 1.807) is 39.3 Å². The number of ether oxygens (including phenoxy) is 3. The van der Waals surface area contributed by atoms with E-state index in [2.05, 4.69) is 75.1 Å². The number of allylic oxidation sites excluding steroid dienone is 11. The van der Waals surface area contributed by atoms with Crippen molar-refractivity contribution in [3.8, 4) is 0 Å². The monoisotopic (exact) mass is 998 g/mol. The van der Waals surface area contributed by atoms with Gasteiger partial charge in [-0.3, -0.25) is 4.79 Å². The van der Waals surface area contributed by atoms with Crippen LogP contribution >= 0.6 is 0 Å². The lowest BCUT2D eigenvalue weighted by molar-refractivity contribution is -0.143. The lowest BCUT2D eigenvalue weighted by Crippen LogP contribution is -2.52. The van der Waals surface area contributed by atoms with Crippen LogP contribution in [0.25, 0.3) is 10.8 Å². The molecule has 2 aromatic rings. The fraction of sp³-hybridized carbons (Fsp3) is 0.474. The Labute approximate surface area is 422 Å². The average molecular weight is 998 g/mol. The quantitative estimate of drug-likeness (QED) is 0.108. The second-order valence-corrected chi connectivity index (χ2v) is 26.5. The van der Waals surface area contributed by atoms with Crippen molar-refractivity contribution in [2.75, 3.05) is 46.4 Å². The number of benzene rings is 2. The molecule has 13 heteroatoms. The Hall–Kier alpha value is -4.89. The van der Waals surface area contributed by atoms with E-state index in [4.69, 9.17) is 18.6 Å². The van der Waals surface area contributed by atoms with Gasteiger partial charge >= 0.3 is 5.97 Å². The molecule has 2 N–H and O–H groups in total. The molecule has 0 saturated heterocycles. The standard InChI is InChI=1S/C57H83N3O8SSi/c1-41-25-20-30-47(65-12)29-19-18-27-44(4)54(68-56(62)46(6)28-17-16-24-42(2)38-48(66-13)31-21-26-41)45(5)37-36-43(3)39-58-55(61)51(40-67-70(14,15)57(7,8)9)59-69(63,64)53-35-23-32-49-50(53)33-22-34-52(49)60(10)11/h16,18-19,21-29,32-38,44,47-48,51,54,59H,17,20,30-31,39-40H2,1-15H3,(H,58,61)/t44-,47+,48-,51-,54-/m0/s1. The van der Waals surface area contributed by atoms with Crippen LogP contribution in [0.1, 0.15) is 88.0 Å². The maximum Gasteiger partial charge on any atom is 0.334 e. The molecule has 5 atom stereocenters. The van der Waals surface area contributed by atoms with Gasteiger partial charge in [-0.15, -0.1) is 0 Å². The minimum atomic E-state index is -4.20. The minimum Gasteiger partial charge on any atom is -0.454 e. The largest absolute Gasteiger partial charge is 0.454 e. The molecule has 1 aliphatic heterocycles. The van der Waals surface area contributed by atoms with E-state index in [1.807, 2.05) is 120 Å². The van der Waals surface area contributed by atoms with Crippen molar-refractivity contribution in [3.05, 3.63) is 143 Å². The number of cyclic esters (lactones) is 1. The van der Waals surface area contributed by atoms with E-state index in [9.17, 15) is 18.0 Å². The Morgan fingerprint density at radius 3 is 2.24 bits per heavy atom. The molecule has 1 heterocycles. The second-order valence-electron chi connectivity index (χ2n) is 20.0. The number of anilines is 1. The number of sulfonamides is 1. The van der Waals surface area contributed by atoms with Gasteiger partial charge in [0.1, 0.15) is 12.1 Å². The van der Waals surface area contributed by atoms with Gasteiger partial charge < -0.3 is 28.9 Å². The van der Waals surface area contributed by atoms with E-state index in [1.165, 1.54) is 5.57 Å². The summed E-state index contributed by atoms with van der Waals surface area (Å²) in [6.07, 6.45) is 28.5. The fourth-order valence-corrected chi connectivity index (χ4v) is 9.75. The molecule has 0 aromatic heterocycles. The number of hydrogen-bond acceptors (Lipinski definition) is 9. The number of nitrogens with one attached hydrogen (secondary N) is 2. The molecular formula is C57H83N3O8SSi. The van der Waals surface area contributed by atoms with Crippen molar-refractivity contribution in [1.29, 1.82) is 0 Å². The molecule has 1 aliphatic rings. The summed E-state index contributed by atoms with van der Waals surface area (Å²) in [5.74, 6) is -1.14. The molecule has 70 heavy (non-hydrogen) atoms. The molecule has 11 nitrogen and oxygen atoms in total. The van der Waals surface area contributed by atoms with Gasteiger partial charge in [-0.05, 0) is 96.1 Å². The molecule has 1 amide bonds. The van der Waals surface area contributed by atoms with Crippen LogP contribution in [-0.2, 0) is 38.2 Å². The SMILES string of the molecule is CO[C@@H]1C=C(C)C=CCC=C(C)C(=O)O[C@H](C(C)=CC=C(C)CNC(=O)[C@H](CO[Si](C)(C)C(C)(C)C)NS(=O)(=O)c2cccc3c(N(C)C)cccc23)[C@@H](C)C=CC=C[C@@H](OC)CCC=C(C)C=CC1. The highest BCUT2D eigenvalue weighted by molar-refractivity contribution is 7.89. The second kappa shape index (κ2) is 28.2. The molecule has 0 aliphatic carbocycles. The van der Waals surface area contributed by atoms with Crippen LogP contribution in [0.2, 0.25) is 18.1 Å². The van der Waals surface area contributed by atoms with E-state index >= 15 is 0 Å². The summed E-state index contributed by atoms with van der Waals surface area (Å²) in [7, 11) is 0.649. The molecular weight excluding hydrogens is 915 g/mol. The first-order valence-corrected chi connectivity index (χ1v) is 28.7. The highest BCUT2D eigenvalue weighted by Crippen LogP contribution is 2.37. The van der Waals surface area contributed by atoms with Crippen LogP contribution in [0.4, 0.5) is 5.69 Å². The maximum atomic E-state index is 14.2. The van der Waals surface area contributed by atoms with Gasteiger partial charge in [-0.2, -0.15) is 4.72 Å². The van der Waals surface area contributed by atoms with Crippen LogP contribution in [0.5, 0.6) is 0 Å². The zero-order chi connectivity index (χ0) is 52.2. The molecule has 2 aromatic carbocycles. The van der Waals surface area contributed by atoms with Crippen LogP contribution in [-0.4, -0.2) is 94.4 Å². The third kappa shape index (κ3) is 19.0. The predicted octanol–water partition coefficient (Wildman–Crippen LogP) is 11.8. The molecule has 0 unspecified atom stereocenters. The van der Waals surface area contributed by atoms with Crippen LogP contribution in [0, 0.1) is 5.92 Å². The van der Waals surface area contributed by atoms with Gasteiger partial charge in [0, 0.05) is 62.8 Å². The Balaban J connectivity index is 1.92. The third-order valence-corrected chi connectivity index (χ3v) is 18.9. The molecule has 0 saturated carbocycles. The zero-order valence-electron chi connectivity index (χ0n) is 44.7. The molecule has 0 radical (unpaired) electrons. The summed E-state index contributed by atoms with van der Waals surface area (Å²) >= 11 is 0. The lowest BCUT2D eigenvalue weighted by atomic mass is 9.96. The number of rotatable bonds is 14. The number of nitrogens with zero attached hydrogens (tertiary/aromatic N) is 1. The van der Waals surface area contributed by atoms with Crippen molar-refractivity contribution < 1.29 is 36.6 Å². The van der Waals surface area contributed by atoms with E-state index in [0.717, 1.165) is 47.1 Å². The number of carbonyl (C=O) groups excluding carboxylic acids is 2. The smallest absolute Gasteiger partial charge is 0.334 e. The number of methoxy groups -OCH3 is 2. The summed E-state index contributed by atoms with van der Waals surface area (Å²) in [5, 5.41) is 4.11. The van der Waals surface area contributed by atoms with Crippen molar-refractivity contribution in [3.63, 3.8) is 0 Å². The molecule has 0 fully saturated rings. The Bertz CT molecular complexity index is 2470. The zero-order valence-corrected chi connectivity index (χ0v) is 46.5. The first-order valence-electron chi connectivity index (χ1n) is 24.3. The first kappa shape index (κ1) is 59.4. The lowest BCUT2D eigenvalue weighted by Gasteiger charge is -2.37. The molecule has 0 spiro atoms. The van der Waals surface area contributed by atoms with Gasteiger partial charge in [0.15, 0.2) is 8.32 Å². The Morgan fingerprint density at radius 1 is 0.914 bits per heavy atom. The van der Waals surface area contributed by atoms with Crippen LogP contribution in [0.3, 0.4) is 0 Å². The molecule has 3 rings (SSSR count). The highest BCUT2D eigenvalue weighted by atomic mass is 32.2. The first-order chi connectivity index (χ1) is 32.9. The normalized spacial score (nSPS) is 20.8. The van der Waals surface area contributed by atoms with E-state index < -0.39 is 42.4 Å². The third-order valence-electron chi connectivity index (χ3n) is 12.8. The van der Waals surface area contributed by atoms with E-state index in [-0.39, 0.29) is 41.2 Å². The average Bonchev–Trinajstić information content (AvgIpc) is 3.30. The molecule has 384 valence electrons. The van der Waals surface area contributed by atoms with Crippen molar-refractivity contribution in [2.24, 2.45) is 5.92 Å². The molecule has 0 bridgehead atoms. The van der Waals surface area contributed by atoms with Crippen LogP contribution < -0.4 is 14.9 Å². The number of carbonyl (C=O) groups is 2. The highest BCUT2D eigenvalue weighted by Gasteiger charge is 2.39. The van der Waals surface area contributed by atoms with Crippen molar-refractivity contribution in [1.82, 2.24) is 10.0 Å². The van der Waals surface area contributed by atoms with E-state index in [0.29, 0.717) is 17.4 Å². The van der Waals surface area contributed by atoms with Gasteiger partial charge in [0.2, 0.25) is 15.9 Å². The van der Waals surface area contributed by atoms with Gasteiger partial charge in [0.25, 0.3) is 0 Å². The topological polar surface area (TPSA) is 132 Å². The van der Waals surface area contributed by atoms with Crippen molar-refractivity contribution >= 4 is 46.7 Å². The van der Waals surface area contributed by atoms with Gasteiger partial charge in [0.05, 0.1) is 23.7 Å². The summed E-state index contributed by atoms with van der Waals surface area (Å²) in [6, 6.07) is 9.48. The Kier molecular flexibility index (Phi) is 24.0. The summed E-state index contributed by atoms with van der Waals surface area (Å²) in [4.78, 5) is 29.7. The predicted molar refractivity (Wildman–Crippen MR) is 293 cm³/mol. The number of hydrogen-bond donors (Lipinski definition) is 2. The van der Waals surface area contributed by atoms with Crippen molar-refractivity contribution in [2.45, 2.75) is 135 Å². The van der Waals surface area contributed by atoms with Gasteiger partial charge in [-0.25, -0.2) is 13.2 Å². The van der Waals surface area contributed by atoms with Gasteiger partial charge in [-0.1, -0.05) is 148 Å². The fourth-order valence-electron chi connectivity index (χ4n) is 7.33. The number of fused-ring (bicyclic) bond motifs is 1. The number of amides is 1. The summed E-state index contributed by atoms with van der Waals surface area (Å²) in [6.45, 7) is 22.1. The summed E-state index contributed by atoms with van der Waals surface area (Å²) in [5.41, 5.74) is 5.22. The Morgan fingerprint density at radius 2 is 1.57 bits per heavy atom. The maximum absolute atomic E-state index is 14.2. The number of esters is 1. The summed E-state index contributed by atoms with van der Waals surface area (Å²) < 4.78 is 55.3. The van der Waals surface area contributed by atoms with Crippen LogP contribution in [0.15, 0.2) is 148 Å².